The van der Waals surface area contributed by atoms with Crippen molar-refractivity contribution in [3.8, 4) is 5.75 Å². The van der Waals surface area contributed by atoms with Gasteiger partial charge in [0.05, 0.1) is 24.2 Å². The second kappa shape index (κ2) is 6.98. The van der Waals surface area contributed by atoms with Crippen LogP contribution < -0.4 is 4.74 Å². The number of nitrogens with zero attached hydrogens (tertiary/aromatic N) is 1. The molecule has 0 aromatic heterocycles. The van der Waals surface area contributed by atoms with E-state index < -0.39 is 0 Å². The Kier molecular flexibility index (Phi) is 5.26. The van der Waals surface area contributed by atoms with Crippen LogP contribution in [0.4, 0.5) is 0 Å². The molecule has 6 heteroatoms. The molecular weight excluding hydrogens is 302 g/mol. The van der Waals surface area contributed by atoms with Crippen LogP contribution in [0.3, 0.4) is 0 Å². The summed E-state index contributed by atoms with van der Waals surface area (Å²) in [4.78, 5) is 26.9. The van der Waals surface area contributed by atoms with Crippen LogP contribution in [0.15, 0.2) is 29.2 Å². The number of imide groups is 1. The molecule has 0 radical (unpaired) electrons. The molecule has 22 heavy (non-hydrogen) atoms. The number of rotatable bonds is 6. The van der Waals surface area contributed by atoms with Crippen LogP contribution >= 0.6 is 11.8 Å². The molecule has 0 spiro atoms. The summed E-state index contributed by atoms with van der Waals surface area (Å²) in [6.07, 6.45) is 0. The lowest BCUT2D eigenvalue weighted by Crippen LogP contribution is -2.37. The number of aliphatic hydroxyl groups is 1. The van der Waals surface area contributed by atoms with Crippen LogP contribution in [0, 0.1) is 0 Å². The van der Waals surface area contributed by atoms with E-state index in [0.717, 1.165) is 0 Å². The van der Waals surface area contributed by atoms with Crippen molar-refractivity contribution in [3.63, 3.8) is 0 Å². The zero-order valence-electron chi connectivity index (χ0n) is 12.8. The number of hydrogen-bond acceptors (Lipinski definition) is 5. The van der Waals surface area contributed by atoms with Crippen molar-refractivity contribution in [2.24, 2.45) is 0 Å². The van der Waals surface area contributed by atoms with Crippen LogP contribution in [0.5, 0.6) is 5.75 Å². The lowest BCUT2D eigenvalue weighted by Gasteiger charge is -2.19. The van der Waals surface area contributed by atoms with Crippen LogP contribution in [-0.4, -0.2) is 47.3 Å². The molecule has 1 aromatic carbocycles. The van der Waals surface area contributed by atoms with Gasteiger partial charge < -0.3 is 9.84 Å². The average Bonchev–Trinajstić information content (AvgIpc) is 2.75. The van der Waals surface area contributed by atoms with E-state index in [2.05, 4.69) is 0 Å². The van der Waals surface area contributed by atoms with Crippen molar-refractivity contribution in [3.05, 3.63) is 34.7 Å². The average molecular weight is 321 g/mol. The Bertz CT molecular complexity index is 624. The quantitative estimate of drug-likeness (QED) is 0.811. The highest BCUT2D eigenvalue weighted by molar-refractivity contribution is 8.04. The Labute approximate surface area is 133 Å². The van der Waals surface area contributed by atoms with Crippen molar-refractivity contribution < 1.29 is 19.4 Å². The number of ether oxygens (including phenoxy) is 1. The van der Waals surface area contributed by atoms with Crippen molar-refractivity contribution >= 4 is 29.1 Å². The first kappa shape index (κ1) is 16.6. The van der Waals surface area contributed by atoms with Gasteiger partial charge in [-0.3, -0.25) is 14.5 Å². The van der Waals surface area contributed by atoms with Gasteiger partial charge in [-0.05, 0) is 19.9 Å². The summed E-state index contributed by atoms with van der Waals surface area (Å²) in [6, 6.07) is 6.91. The van der Waals surface area contributed by atoms with Crippen molar-refractivity contribution in [1.29, 1.82) is 0 Å². The predicted molar refractivity (Wildman–Crippen MR) is 86.4 cm³/mol. The fraction of sp³-hybridized carbons (Fsp3) is 0.375. The Hall–Kier alpha value is -1.79. The summed E-state index contributed by atoms with van der Waals surface area (Å²) in [7, 11) is 1.53. The van der Waals surface area contributed by atoms with E-state index in [1.54, 1.807) is 32.0 Å². The van der Waals surface area contributed by atoms with Gasteiger partial charge in [0.25, 0.3) is 11.8 Å². The van der Waals surface area contributed by atoms with Crippen LogP contribution in [0.2, 0.25) is 0 Å². The predicted octanol–water partition coefficient (Wildman–Crippen LogP) is 1.91. The molecule has 2 rings (SSSR count). The van der Waals surface area contributed by atoms with E-state index in [-0.39, 0.29) is 24.5 Å². The van der Waals surface area contributed by atoms with Gasteiger partial charge in [0.15, 0.2) is 0 Å². The third-order valence-corrected chi connectivity index (χ3v) is 4.36. The van der Waals surface area contributed by atoms with E-state index in [4.69, 9.17) is 9.84 Å². The number of benzene rings is 1. The molecule has 1 aliphatic rings. The molecule has 5 nitrogen and oxygen atoms in total. The lowest BCUT2D eigenvalue weighted by atomic mass is 10.0. The molecule has 0 fully saturated rings. The summed E-state index contributed by atoms with van der Waals surface area (Å²) < 4.78 is 5.31. The molecule has 1 aliphatic heterocycles. The van der Waals surface area contributed by atoms with Gasteiger partial charge in [-0.25, -0.2) is 0 Å². The molecular formula is C16H19NO4S. The smallest absolute Gasteiger partial charge is 0.268 e. The fourth-order valence-corrected chi connectivity index (χ4v) is 3.22. The zero-order valence-corrected chi connectivity index (χ0v) is 13.6. The standard InChI is InChI=1S/C16H19NO4S/c1-10(2)17-15(19)13(14(16(17)20)22-9-8-18)11-6-4-5-7-12(11)21-3/h4-7,10,18H,8-9H2,1-3H3. The first-order valence-electron chi connectivity index (χ1n) is 7.02. The number of para-hydroxylation sites is 1. The van der Waals surface area contributed by atoms with Gasteiger partial charge in [-0.15, -0.1) is 11.8 Å². The molecule has 0 atom stereocenters. The van der Waals surface area contributed by atoms with Crippen LogP contribution in [-0.2, 0) is 9.59 Å². The number of carbonyl (C=O) groups excluding carboxylic acids is 2. The van der Waals surface area contributed by atoms with Gasteiger partial charge in [0, 0.05) is 17.4 Å². The molecule has 2 amide bonds. The third kappa shape index (κ3) is 2.89. The van der Waals surface area contributed by atoms with Crippen LogP contribution in [0.25, 0.3) is 5.57 Å². The van der Waals surface area contributed by atoms with Crippen molar-refractivity contribution in [2.75, 3.05) is 19.5 Å². The minimum Gasteiger partial charge on any atom is -0.496 e. The molecule has 0 unspecified atom stereocenters. The molecule has 0 bridgehead atoms. The summed E-state index contributed by atoms with van der Waals surface area (Å²) in [5.41, 5.74) is 0.960. The van der Waals surface area contributed by atoms with Crippen molar-refractivity contribution in [2.45, 2.75) is 19.9 Å². The highest BCUT2D eigenvalue weighted by atomic mass is 32.2. The Balaban J connectivity index is 2.57. The highest BCUT2D eigenvalue weighted by Gasteiger charge is 2.41. The summed E-state index contributed by atoms with van der Waals surface area (Å²) in [5.74, 6) is 0.287. The van der Waals surface area contributed by atoms with E-state index in [1.165, 1.54) is 23.8 Å². The van der Waals surface area contributed by atoms with Crippen molar-refractivity contribution in [1.82, 2.24) is 4.90 Å². The highest BCUT2D eigenvalue weighted by Crippen LogP contribution is 2.39. The molecule has 1 aromatic rings. The minimum absolute atomic E-state index is 0.0590. The molecule has 1 N–H and O–H groups in total. The van der Waals surface area contributed by atoms with E-state index >= 15 is 0 Å². The topological polar surface area (TPSA) is 66.8 Å². The molecule has 1 heterocycles. The fourth-order valence-electron chi connectivity index (χ4n) is 2.37. The van der Waals surface area contributed by atoms with E-state index in [1.807, 2.05) is 6.07 Å². The maximum absolute atomic E-state index is 12.7. The first-order valence-corrected chi connectivity index (χ1v) is 8.00. The Morgan fingerprint density at radius 1 is 1.23 bits per heavy atom. The molecule has 118 valence electrons. The number of thioether (sulfide) groups is 1. The first-order chi connectivity index (χ1) is 10.5. The molecule has 0 aliphatic carbocycles. The van der Waals surface area contributed by atoms with Gasteiger partial charge >= 0.3 is 0 Å². The Morgan fingerprint density at radius 3 is 2.50 bits per heavy atom. The number of methoxy groups -OCH3 is 1. The van der Waals surface area contributed by atoms with Gasteiger partial charge in [-0.2, -0.15) is 0 Å². The van der Waals surface area contributed by atoms with Crippen LogP contribution in [0.1, 0.15) is 19.4 Å². The minimum atomic E-state index is -0.315. The number of aliphatic hydroxyl groups excluding tert-OH is 1. The summed E-state index contributed by atoms with van der Waals surface area (Å²) in [6.45, 7) is 3.54. The maximum Gasteiger partial charge on any atom is 0.268 e. The largest absolute Gasteiger partial charge is 0.496 e. The number of amides is 2. The molecule has 0 saturated carbocycles. The zero-order chi connectivity index (χ0) is 16.3. The number of hydrogen-bond donors (Lipinski definition) is 1. The molecule has 0 saturated heterocycles. The second-order valence-electron chi connectivity index (χ2n) is 5.05. The lowest BCUT2D eigenvalue weighted by molar-refractivity contribution is -0.138. The monoisotopic (exact) mass is 321 g/mol. The number of carbonyl (C=O) groups is 2. The summed E-state index contributed by atoms with van der Waals surface area (Å²) >= 11 is 1.20. The van der Waals surface area contributed by atoms with E-state index in [0.29, 0.717) is 27.5 Å². The Morgan fingerprint density at radius 2 is 1.91 bits per heavy atom. The van der Waals surface area contributed by atoms with E-state index in [9.17, 15) is 9.59 Å². The normalized spacial score (nSPS) is 15.2. The van der Waals surface area contributed by atoms with Gasteiger partial charge in [0.1, 0.15) is 5.75 Å². The maximum atomic E-state index is 12.7. The third-order valence-electron chi connectivity index (χ3n) is 3.30. The van der Waals surface area contributed by atoms with Gasteiger partial charge in [0.2, 0.25) is 0 Å². The second-order valence-corrected chi connectivity index (χ2v) is 6.16. The van der Waals surface area contributed by atoms with Gasteiger partial charge in [-0.1, -0.05) is 18.2 Å². The SMILES string of the molecule is COc1ccccc1C1=C(SCCO)C(=O)N(C(C)C)C1=O. The summed E-state index contributed by atoms with van der Waals surface area (Å²) in [5, 5.41) is 9.03.